The molecule has 33 heavy (non-hydrogen) atoms. The van der Waals surface area contributed by atoms with Gasteiger partial charge in [-0.25, -0.2) is 4.79 Å². The Morgan fingerprint density at radius 1 is 0.879 bits per heavy atom. The van der Waals surface area contributed by atoms with Gasteiger partial charge in [0.15, 0.2) is 18.2 Å². The molecular formula is C27H26O6. The zero-order valence-electron chi connectivity index (χ0n) is 18.8. The van der Waals surface area contributed by atoms with Gasteiger partial charge < -0.3 is 14.9 Å². The molecule has 0 unspecified atom stereocenters. The first kappa shape index (κ1) is 23.7. The highest BCUT2D eigenvalue weighted by atomic mass is 16.5. The Balaban J connectivity index is 1.79. The van der Waals surface area contributed by atoms with E-state index in [9.17, 15) is 24.6 Å². The average molecular weight is 446 g/mol. The van der Waals surface area contributed by atoms with Crippen molar-refractivity contribution in [2.75, 3.05) is 6.61 Å². The molecule has 0 saturated carbocycles. The van der Waals surface area contributed by atoms with Gasteiger partial charge in [0.2, 0.25) is 0 Å². The molecule has 0 aliphatic heterocycles. The SMILES string of the molecule is CCCC(=O)c1ccc(OCC(=O)c2cccc(-c3cccc(C(=O)O)c3C)c2)c(C)c1O. The number of phenolic OH excluding ortho intramolecular Hbond substituents is 1. The van der Waals surface area contributed by atoms with Gasteiger partial charge in [0.25, 0.3) is 0 Å². The molecule has 3 aromatic rings. The van der Waals surface area contributed by atoms with Crippen LogP contribution >= 0.6 is 0 Å². The predicted molar refractivity (Wildman–Crippen MR) is 125 cm³/mol. The van der Waals surface area contributed by atoms with Gasteiger partial charge in [-0.3, -0.25) is 9.59 Å². The van der Waals surface area contributed by atoms with Crippen LogP contribution in [-0.2, 0) is 0 Å². The molecule has 3 aromatic carbocycles. The summed E-state index contributed by atoms with van der Waals surface area (Å²) >= 11 is 0. The molecule has 0 heterocycles. The van der Waals surface area contributed by atoms with E-state index in [4.69, 9.17) is 4.74 Å². The molecule has 0 aromatic heterocycles. The number of carboxylic acids is 1. The Labute approximate surface area is 192 Å². The molecule has 6 heteroatoms. The van der Waals surface area contributed by atoms with Crippen molar-refractivity contribution in [2.24, 2.45) is 0 Å². The van der Waals surface area contributed by atoms with Crippen LogP contribution in [0, 0.1) is 13.8 Å². The fraction of sp³-hybridized carbons (Fsp3) is 0.222. The summed E-state index contributed by atoms with van der Waals surface area (Å²) in [6, 6.07) is 15.1. The Hall–Kier alpha value is -3.93. The van der Waals surface area contributed by atoms with Crippen molar-refractivity contribution in [2.45, 2.75) is 33.6 Å². The maximum absolute atomic E-state index is 12.8. The summed E-state index contributed by atoms with van der Waals surface area (Å²) < 4.78 is 5.65. The largest absolute Gasteiger partial charge is 0.507 e. The third kappa shape index (κ3) is 5.12. The van der Waals surface area contributed by atoms with E-state index in [2.05, 4.69) is 0 Å². The van der Waals surface area contributed by atoms with Crippen molar-refractivity contribution in [3.63, 3.8) is 0 Å². The molecular weight excluding hydrogens is 420 g/mol. The van der Waals surface area contributed by atoms with E-state index in [0.29, 0.717) is 35.3 Å². The minimum atomic E-state index is -1.00. The van der Waals surface area contributed by atoms with Crippen molar-refractivity contribution in [1.82, 2.24) is 0 Å². The number of aromatic carboxylic acids is 1. The number of carboxylic acid groups (broad SMARTS) is 1. The van der Waals surface area contributed by atoms with E-state index in [1.54, 1.807) is 50.2 Å². The summed E-state index contributed by atoms with van der Waals surface area (Å²) in [6.07, 6.45) is 1.03. The lowest BCUT2D eigenvalue weighted by Crippen LogP contribution is -2.12. The van der Waals surface area contributed by atoms with E-state index in [0.717, 1.165) is 11.1 Å². The summed E-state index contributed by atoms with van der Waals surface area (Å²) in [5.74, 6) is -1.21. The summed E-state index contributed by atoms with van der Waals surface area (Å²) in [4.78, 5) is 36.3. The van der Waals surface area contributed by atoms with Gasteiger partial charge in [-0.1, -0.05) is 37.3 Å². The van der Waals surface area contributed by atoms with Gasteiger partial charge in [0.05, 0.1) is 11.1 Å². The topological polar surface area (TPSA) is 101 Å². The van der Waals surface area contributed by atoms with E-state index in [1.165, 1.54) is 6.07 Å². The Morgan fingerprint density at radius 2 is 1.61 bits per heavy atom. The van der Waals surface area contributed by atoms with Gasteiger partial charge in [0, 0.05) is 17.5 Å². The highest BCUT2D eigenvalue weighted by Gasteiger charge is 2.17. The van der Waals surface area contributed by atoms with Crippen molar-refractivity contribution in [1.29, 1.82) is 0 Å². The van der Waals surface area contributed by atoms with E-state index in [1.807, 2.05) is 19.1 Å². The number of ketones is 2. The fourth-order valence-corrected chi connectivity index (χ4v) is 3.69. The zero-order chi connectivity index (χ0) is 24.1. The summed E-state index contributed by atoms with van der Waals surface area (Å²) in [7, 11) is 0. The lowest BCUT2D eigenvalue weighted by molar-refractivity contribution is 0.0695. The van der Waals surface area contributed by atoms with Crippen LogP contribution in [-0.4, -0.2) is 34.4 Å². The quantitative estimate of drug-likeness (QED) is 0.414. The maximum Gasteiger partial charge on any atom is 0.335 e. The number of rotatable bonds is 9. The second kappa shape index (κ2) is 10.1. The molecule has 170 valence electrons. The second-order valence-corrected chi connectivity index (χ2v) is 7.83. The molecule has 0 spiro atoms. The first-order chi connectivity index (χ1) is 15.7. The van der Waals surface area contributed by atoms with E-state index in [-0.39, 0.29) is 35.0 Å². The summed E-state index contributed by atoms with van der Waals surface area (Å²) in [5, 5.41) is 19.7. The number of phenols is 1. The Kier molecular flexibility index (Phi) is 7.28. The van der Waals surface area contributed by atoms with Crippen LogP contribution in [0.4, 0.5) is 0 Å². The lowest BCUT2D eigenvalue weighted by atomic mass is 9.95. The van der Waals surface area contributed by atoms with Gasteiger partial charge in [-0.05, 0) is 61.2 Å². The van der Waals surface area contributed by atoms with Crippen LogP contribution in [0.1, 0.15) is 62.0 Å². The van der Waals surface area contributed by atoms with Crippen LogP contribution in [0.3, 0.4) is 0 Å². The number of benzene rings is 3. The van der Waals surface area contributed by atoms with Crippen molar-refractivity contribution in [3.8, 4) is 22.6 Å². The first-order valence-electron chi connectivity index (χ1n) is 10.7. The molecule has 0 fully saturated rings. The molecule has 0 bridgehead atoms. The minimum absolute atomic E-state index is 0.130. The maximum atomic E-state index is 12.8. The molecule has 0 saturated heterocycles. The van der Waals surface area contributed by atoms with Crippen LogP contribution in [0.2, 0.25) is 0 Å². The van der Waals surface area contributed by atoms with Gasteiger partial charge in [-0.15, -0.1) is 0 Å². The Bertz CT molecular complexity index is 1230. The number of ether oxygens (including phenoxy) is 1. The van der Waals surface area contributed by atoms with E-state index < -0.39 is 5.97 Å². The summed E-state index contributed by atoms with van der Waals surface area (Å²) in [6.45, 7) is 5.02. The number of aromatic hydroxyl groups is 1. The molecule has 0 amide bonds. The molecule has 6 nitrogen and oxygen atoms in total. The number of hydrogen-bond donors (Lipinski definition) is 2. The van der Waals surface area contributed by atoms with Crippen molar-refractivity contribution < 1.29 is 29.3 Å². The van der Waals surface area contributed by atoms with Crippen LogP contribution in [0.5, 0.6) is 11.5 Å². The van der Waals surface area contributed by atoms with Crippen molar-refractivity contribution >= 4 is 17.5 Å². The van der Waals surface area contributed by atoms with Crippen LogP contribution in [0.15, 0.2) is 54.6 Å². The number of hydrogen-bond acceptors (Lipinski definition) is 5. The van der Waals surface area contributed by atoms with Gasteiger partial charge in [-0.2, -0.15) is 0 Å². The van der Waals surface area contributed by atoms with Crippen LogP contribution < -0.4 is 4.74 Å². The van der Waals surface area contributed by atoms with Crippen molar-refractivity contribution in [3.05, 3.63) is 82.4 Å². The van der Waals surface area contributed by atoms with Crippen LogP contribution in [0.25, 0.3) is 11.1 Å². The Morgan fingerprint density at radius 3 is 2.30 bits per heavy atom. The highest BCUT2D eigenvalue weighted by molar-refractivity contribution is 6.00. The number of carbonyl (C=O) groups is 3. The number of Topliss-reactive ketones (excluding diaryl/α,β-unsaturated/α-hetero) is 2. The molecule has 0 aliphatic rings. The third-order valence-electron chi connectivity index (χ3n) is 5.58. The standard InChI is InChI=1S/C27H26O6/c1-4-7-23(28)22-12-13-25(17(3)26(22)30)33-15-24(29)19-9-5-8-18(14-19)20-10-6-11-21(16(20)2)27(31)32/h5-6,8-14,30H,4,7,15H2,1-3H3,(H,31,32). The fourth-order valence-electron chi connectivity index (χ4n) is 3.69. The van der Waals surface area contributed by atoms with Gasteiger partial charge in [0.1, 0.15) is 11.5 Å². The molecule has 3 rings (SSSR count). The minimum Gasteiger partial charge on any atom is -0.507 e. The first-order valence-corrected chi connectivity index (χ1v) is 10.7. The lowest BCUT2D eigenvalue weighted by Gasteiger charge is -2.13. The predicted octanol–water partition coefficient (Wildman–Crippen LogP) is 5.62. The normalized spacial score (nSPS) is 10.6. The highest BCUT2D eigenvalue weighted by Crippen LogP contribution is 2.32. The molecule has 0 aliphatic carbocycles. The zero-order valence-corrected chi connectivity index (χ0v) is 18.8. The monoisotopic (exact) mass is 446 g/mol. The third-order valence-corrected chi connectivity index (χ3v) is 5.58. The average Bonchev–Trinajstić information content (AvgIpc) is 2.80. The second-order valence-electron chi connectivity index (χ2n) is 7.83. The number of carbonyl (C=O) groups excluding carboxylic acids is 2. The molecule has 0 atom stereocenters. The van der Waals surface area contributed by atoms with E-state index >= 15 is 0 Å². The molecule has 0 radical (unpaired) electrons. The van der Waals surface area contributed by atoms with Gasteiger partial charge >= 0.3 is 5.97 Å². The summed E-state index contributed by atoms with van der Waals surface area (Å²) in [5.41, 5.74) is 3.37. The molecule has 2 N–H and O–H groups in total. The smallest absolute Gasteiger partial charge is 0.335 e.